The fourth-order valence-corrected chi connectivity index (χ4v) is 4.25. The minimum atomic E-state index is -3.17. The molecule has 1 atom stereocenters. The molecule has 1 aliphatic rings. The lowest BCUT2D eigenvalue weighted by Crippen LogP contribution is -2.36. The van der Waals surface area contributed by atoms with Gasteiger partial charge in [0.05, 0.1) is 24.5 Å². The first-order chi connectivity index (χ1) is 10.8. The predicted molar refractivity (Wildman–Crippen MR) is 89.0 cm³/mol. The molecular weight excluding hydrogens is 314 g/mol. The van der Waals surface area contributed by atoms with E-state index in [1.807, 2.05) is 20.8 Å². The third-order valence-electron chi connectivity index (χ3n) is 4.25. The molecule has 0 fully saturated rings. The van der Waals surface area contributed by atoms with E-state index in [0.29, 0.717) is 0 Å². The summed E-state index contributed by atoms with van der Waals surface area (Å²) in [5.74, 6) is -0.278. The number of furan rings is 1. The third kappa shape index (κ3) is 3.03. The van der Waals surface area contributed by atoms with Crippen molar-refractivity contribution in [2.24, 2.45) is 0 Å². The van der Waals surface area contributed by atoms with E-state index in [2.05, 4.69) is 11.4 Å². The zero-order valence-corrected chi connectivity index (χ0v) is 14.2. The predicted octanol–water partition coefficient (Wildman–Crippen LogP) is 2.33. The number of amides is 1. The van der Waals surface area contributed by atoms with Gasteiger partial charge in [0.15, 0.2) is 9.84 Å². The summed E-state index contributed by atoms with van der Waals surface area (Å²) >= 11 is 0. The molecule has 6 heteroatoms. The summed E-state index contributed by atoms with van der Waals surface area (Å²) in [6, 6.07) is 1.64. The largest absolute Gasteiger partial charge is 0.464 e. The molecule has 1 N–H and O–H groups in total. The lowest BCUT2D eigenvalue weighted by Gasteiger charge is -2.10. The number of fused-ring (bicyclic) bond motifs is 1. The summed E-state index contributed by atoms with van der Waals surface area (Å²) in [5.41, 5.74) is 4.93. The Balaban J connectivity index is 1.81. The first kappa shape index (κ1) is 15.8. The Morgan fingerprint density at radius 1 is 1.30 bits per heavy atom. The van der Waals surface area contributed by atoms with Gasteiger partial charge in [-0.15, -0.1) is 0 Å². The maximum Gasteiger partial charge on any atom is 0.225 e. The fraction of sp³-hybridized carbons (Fsp3) is 0.353. The van der Waals surface area contributed by atoms with E-state index in [-0.39, 0.29) is 18.1 Å². The van der Waals surface area contributed by atoms with Crippen molar-refractivity contribution >= 4 is 26.7 Å². The summed E-state index contributed by atoms with van der Waals surface area (Å²) in [6.45, 7) is 6.03. The Kier molecular flexibility index (Phi) is 3.80. The molecular formula is C17H19NO4S. The Hall–Kier alpha value is -2.08. The van der Waals surface area contributed by atoms with Crippen molar-refractivity contribution in [2.45, 2.75) is 33.2 Å². The minimum absolute atomic E-state index is 0.0673. The van der Waals surface area contributed by atoms with Crippen LogP contribution in [0.4, 0.5) is 0 Å². The van der Waals surface area contributed by atoms with Gasteiger partial charge < -0.3 is 9.73 Å². The SMILES string of the molecule is Cc1cc(C)c2c(CC(=O)N[C@H]3C=CS(=O)(=O)C3)coc2c1C. The van der Waals surface area contributed by atoms with Crippen molar-refractivity contribution in [1.29, 1.82) is 0 Å². The van der Waals surface area contributed by atoms with Gasteiger partial charge in [0.1, 0.15) is 5.58 Å². The summed E-state index contributed by atoms with van der Waals surface area (Å²) < 4.78 is 28.4. The molecule has 23 heavy (non-hydrogen) atoms. The number of carbonyl (C=O) groups is 1. The molecule has 0 spiro atoms. The van der Waals surface area contributed by atoms with Crippen molar-refractivity contribution in [2.75, 3.05) is 5.75 Å². The normalized spacial score (nSPS) is 19.3. The van der Waals surface area contributed by atoms with Crippen LogP contribution in [-0.2, 0) is 21.1 Å². The van der Waals surface area contributed by atoms with Crippen molar-refractivity contribution in [1.82, 2.24) is 5.32 Å². The number of hydrogen-bond acceptors (Lipinski definition) is 4. The highest BCUT2D eigenvalue weighted by Gasteiger charge is 2.23. The first-order valence-electron chi connectivity index (χ1n) is 7.44. The zero-order valence-electron chi connectivity index (χ0n) is 13.3. The molecule has 0 unspecified atom stereocenters. The van der Waals surface area contributed by atoms with Crippen molar-refractivity contribution in [3.8, 4) is 0 Å². The Labute approximate surface area is 135 Å². The van der Waals surface area contributed by atoms with Crippen LogP contribution in [0.5, 0.6) is 0 Å². The molecule has 2 heterocycles. The van der Waals surface area contributed by atoms with Crippen LogP contribution >= 0.6 is 0 Å². The average molecular weight is 333 g/mol. The van der Waals surface area contributed by atoms with E-state index in [1.54, 1.807) is 6.26 Å². The van der Waals surface area contributed by atoms with Gasteiger partial charge >= 0.3 is 0 Å². The zero-order chi connectivity index (χ0) is 16.8. The molecule has 1 amide bonds. The second-order valence-corrected chi connectivity index (χ2v) is 8.04. The number of benzene rings is 1. The second kappa shape index (κ2) is 5.53. The average Bonchev–Trinajstić information content (AvgIpc) is 3.00. The molecule has 5 nitrogen and oxygen atoms in total. The lowest BCUT2D eigenvalue weighted by atomic mass is 9.99. The van der Waals surface area contributed by atoms with E-state index in [1.165, 1.54) is 6.08 Å². The van der Waals surface area contributed by atoms with Gasteiger partial charge in [-0.3, -0.25) is 4.79 Å². The Morgan fingerprint density at radius 2 is 2.04 bits per heavy atom. The Bertz CT molecular complexity index is 922. The highest BCUT2D eigenvalue weighted by Crippen LogP contribution is 2.30. The van der Waals surface area contributed by atoms with Gasteiger partial charge in [-0.2, -0.15) is 0 Å². The molecule has 0 radical (unpaired) electrons. The number of hydrogen-bond donors (Lipinski definition) is 1. The van der Waals surface area contributed by atoms with E-state index >= 15 is 0 Å². The van der Waals surface area contributed by atoms with Crippen molar-refractivity contribution < 1.29 is 17.6 Å². The maximum atomic E-state index is 12.2. The van der Waals surface area contributed by atoms with Crippen molar-refractivity contribution in [3.63, 3.8) is 0 Å². The summed E-state index contributed by atoms with van der Waals surface area (Å²) in [4.78, 5) is 12.2. The quantitative estimate of drug-likeness (QED) is 0.935. The Morgan fingerprint density at radius 3 is 2.70 bits per heavy atom. The van der Waals surface area contributed by atoms with Crippen molar-refractivity contribution in [3.05, 3.63) is 46.1 Å². The second-order valence-electron chi connectivity index (χ2n) is 6.11. The van der Waals surface area contributed by atoms with Crippen LogP contribution < -0.4 is 5.32 Å². The number of carbonyl (C=O) groups excluding carboxylic acids is 1. The van der Waals surface area contributed by atoms with Crippen LogP contribution in [0.15, 0.2) is 28.2 Å². The summed E-state index contributed by atoms with van der Waals surface area (Å²) in [5, 5.41) is 4.86. The van der Waals surface area contributed by atoms with E-state index < -0.39 is 15.9 Å². The topological polar surface area (TPSA) is 76.4 Å². The molecule has 0 saturated carbocycles. The molecule has 1 aromatic heterocycles. The van der Waals surface area contributed by atoms with Crippen LogP contribution in [-0.4, -0.2) is 26.1 Å². The monoisotopic (exact) mass is 333 g/mol. The smallest absolute Gasteiger partial charge is 0.225 e. The van der Waals surface area contributed by atoms with E-state index in [9.17, 15) is 13.2 Å². The number of nitrogens with one attached hydrogen (secondary N) is 1. The molecule has 122 valence electrons. The van der Waals surface area contributed by atoms with Gasteiger partial charge in [0.25, 0.3) is 0 Å². The van der Waals surface area contributed by atoms with Crippen LogP contribution in [0, 0.1) is 20.8 Å². The van der Waals surface area contributed by atoms with Crippen LogP contribution in [0.1, 0.15) is 22.3 Å². The highest BCUT2D eigenvalue weighted by atomic mass is 32.2. The van der Waals surface area contributed by atoms with Gasteiger partial charge in [0, 0.05) is 16.4 Å². The van der Waals surface area contributed by atoms with Gasteiger partial charge in [-0.25, -0.2) is 8.42 Å². The summed E-state index contributed by atoms with van der Waals surface area (Å²) in [6.07, 6.45) is 3.30. The molecule has 3 rings (SSSR count). The van der Waals surface area contributed by atoms with E-state index in [4.69, 9.17) is 4.42 Å². The molecule has 2 aromatic rings. The number of aryl methyl sites for hydroxylation is 3. The lowest BCUT2D eigenvalue weighted by molar-refractivity contribution is -0.120. The minimum Gasteiger partial charge on any atom is -0.464 e. The maximum absolute atomic E-state index is 12.2. The molecule has 0 aliphatic carbocycles. The number of sulfone groups is 1. The van der Waals surface area contributed by atoms with Crippen LogP contribution in [0.2, 0.25) is 0 Å². The van der Waals surface area contributed by atoms with Crippen LogP contribution in [0.3, 0.4) is 0 Å². The molecule has 0 saturated heterocycles. The third-order valence-corrected chi connectivity index (χ3v) is 5.65. The van der Waals surface area contributed by atoms with Crippen LogP contribution in [0.25, 0.3) is 11.0 Å². The van der Waals surface area contributed by atoms with E-state index in [0.717, 1.165) is 38.6 Å². The standard InChI is InChI=1S/C17H19NO4S/c1-10-6-11(2)16-13(8-22-17(16)12(10)3)7-15(19)18-14-4-5-23(20,21)9-14/h4-6,8,14H,7,9H2,1-3H3,(H,18,19)/t14-/m0/s1. The van der Waals surface area contributed by atoms with Gasteiger partial charge in [-0.05, 0) is 43.5 Å². The number of rotatable bonds is 3. The highest BCUT2D eigenvalue weighted by molar-refractivity contribution is 7.94. The fourth-order valence-electron chi connectivity index (χ4n) is 3.01. The molecule has 1 aromatic carbocycles. The molecule has 1 aliphatic heterocycles. The van der Waals surface area contributed by atoms with Gasteiger partial charge in [0.2, 0.25) is 5.91 Å². The first-order valence-corrected chi connectivity index (χ1v) is 9.15. The molecule has 0 bridgehead atoms. The summed E-state index contributed by atoms with van der Waals surface area (Å²) in [7, 11) is -3.17. The van der Waals surface area contributed by atoms with Gasteiger partial charge in [-0.1, -0.05) is 6.07 Å².